The first-order valence-corrected chi connectivity index (χ1v) is 9.62. The van der Waals surface area contributed by atoms with Crippen molar-refractivity contribution in [3.05, 3.63) is 51.0 Å². The molecule has 1 aromatic carbocycles. The Balaban J connectivity index is 1.88. The Morgan fingerprint density at radius 1 is 1.08 bits per heavy atom. The van der Waals surface area contributed by atoms with Gasteiger partial charge in [0, 0.05) is 11.2 Å². The fraction of sp³-hybridized carbons (Fsp3) is 0.211. The summed E-state index contributed by atoms with van der Waals surface area (Å²) in [5, 5.41) is 12.3. The second-order valence-corrected chi connectivity index (χ2v) is 8.07. The molecule has 1 N–H and O–H groups in total. The van der Waals surface area contributed by atoms with Crippen LogP contribution in [0.25, 0.3) is 10.1 Å². The number of aromatic hydroxyl groups is 1. The van der Waals surface area contributed by atoms with Gasteiger partial charge in [0.1, 0.15) is 11.5 Å². The molecule has 0 saturated heterocycles. The highest BCUT2D eigenvalue weighted by Crippen LogP contribution is 2.30. The summed E-state index contributed by atoms with van der Waals surface area (Å²) in [5.41, 5.74) is 0.827. The van der Waals surface area contributed by atoms with Crippen LogP contribution in [0.5, 0.6) is 5.75 Å². The third-order valence-electron chi connectivity index (χ3n) is 3.79. The summed E-state index contributed by atoms with van der Waals surface area (Å²) in [6.07, 6.45) is 0. The number of hydrogen-bond acceptors (Lipinski definition) is 6. The van der Waals surface area contributed by atoms with Gasteiger partial charge in [0.2, 0.25) is 0 Å². The van der Waals surface area contributed by atoms with Crippen LogP contribution in [0.3, 0.4) is 0 Å². The normalized spacial score (nSPS) is 10.8. The minimum Gasteiger partial charge on any atom is -0.508 e. The number of fused-ring (bicyclic) bond motifs is 1. The Morgan fingerprint density at radius 3 is 2.50 bits per heavy atom. The second kappa shape index (κ2) is 7.39. The van der Waals surface area contributed by atoms with Crippen LogP contribution >= 0.6 is 22.7 Å². The predicted octanol–water partition coefficient (Wildman–Crippen LogP) is 4.10. The van der Waals surface area contributed by atoms with E-state index in [1.807, 2.05) is 5.38 Å². The van der Waals surface area contributed by atoms with Crippen LogP contribution in [0.2, 0.25) is 0 Å². The summed E-state index contributed by atoms with van der Waals surface area (Å²) >= 11 is 2.62. The van der Waals surface area contributed by atoms with Crippen molar-refractivity contribution in [1.29, 1.82) is 0 Å². The van der Waals surface area contributed by atoms with E-state index in [9.17, 15) is 19.5 Å². The molecule has 0 spiro atoms. The van der Waals surface area contributed by atoms with E-state index < -0.39 is 0 Å². The number of thiophene rings is 2. The molecule has 2 heterocycles. The first kappa shape index (κ1) is 18.3. The molecule has 26 heavy (non-hydrogen) atoms. The lowest BCUT2D eigenvalue weighted by molar-refractivity contribution is -0.117. The van der Waals surface area contributed by atoms with Gasteiger partial charge < -0.3 is 10.0 Å². The summed E-state index contributed by atoms with van der Waals surface area (Å²) in [7, 11) is 0. The van der Waals surface area contributed by atoms with Gasteiger partial charge in [0.05, 0.1) is 16.3 Å². The van der Waals surface area contributed by atoms with Gasteiger partial charge >= 0.3 is 0 Å². The van der Waals surface area contributed by atoms with Crippen LogP contribution in [0.1, 0.15) is 38.8 Å². The fourth-order valence-corrected chi connectivity index (χ4v) is 4.48. The largest absolute Gasteiger partial charge is 0.508 e. The molecule has 0 aliphatic rings. The number of rotatable bonds is 6. The summed E-state index contributed by atoms with van der Waals surface area (Å²) in [6.45, 7) is 3.21. The molecule has 0 aliphatic carbocycles. The lowest BCUT2D eigenvalue weighted by atomic mass is 10.2. The van der Waals surface area contributed by atoms with Gasteiger partial charge in [-0.15, -0.1) is 22.7 Å². The monoisotopic (exact) mass is 387 g/mol. The van der Waals surface area contributed by atoms with Crippen LogP contribution in [0.15, 0.2) is 35.7 Å². The molecule has 7 heteroatoms. The lowest BCUT2D eigenvalue weighted by Gasteiger charge is -2.20. The van der Waals surface area contributed by atoms with Crippen molar-refractivity contribution in [3.8, 4) is 5.75 Å². The van der Waals surface area contributed by atoms with Gasteiger partial charge in [-0.2, -0.15) is 0 Å². The summed E-state index contributed by atoms with van der Waals surface area (Å²) < 4.78 is 0.811. The number of carbonyl (C=O) groups is 3. The van der Waals surface area contributed by atoms with E-state index in [1.54, 1.807) is 30.3 Å². The second-order valence-electron chi connectivity index (χ2n) is 6.07. The smallest absolute Gasteiger partial charge is 0.264 e. The molecule has 0 aliphatic heterocycles. The number of Topliss-reactive ketones (excluding diaryl/α,β-unsaturated/α-hetero) is 2. The van der Waals surface area contributed by atoms with Crippen molar-refractivity contribution >= 4 is 50.2 Å². The quantitative estimate of drug-likeness (QED) is 0.646. The molecule has 3 aromatic rings. The Morgan fingerprint density at radius 2 is 1.85 bits per heavy atom. The topological polar surface area (TPSA) is 74.7 Å². The molecule has 3 rings (SSSR count). The maximum Gasteiger partial charge on any atom is 0.264 e. The number of benzene rings is 1. The third kappa shape index (κ3) is 4.00. The molecule has 2 aromatic heterocycles. The van der Waals surface area contributed by atoms with E-state index in [4.69, 9.17) is 0 Å². The molecular weight excluding hydrogens is 370 g/mol. The maximum atomic E-state index is 12.9. The Bertz CT molecular complexity index is 1000. The Kier molecular flexibility index (Phi) is 5.20. The van der Waals surface area contributed by atoms with E-state index in [-0.39, 0.29) is 36.3 Å². The van der Waals surface area contributed by atoms with Gasteiger partial charge in [-0.1, -0.05) is 0 Å². The molecule has 5 nitrogen and oxygen atoms in total. The van der Waals surface area contributed by atoms with Crippen molar-refractivity contribution in [2.24, 2.45) is 0 Å². The van der Waals surface area contributed by atoms with Crippen LogP contribution in [-0.2, 0) is 11.3 Å². The van der Waals surface area contributed by atoms with Crippen LogP contribution in [0, 0.1) is 0 Å². The van der Waals surface area contributed by atoms with E-state index in [2.05, 4.69) is 0 Å². The standard InChI is InChI=1S/C19H17NO4S2/c1-11(21)8-20(9-13-5-16(12(2)22)25-10-13)19(24)18-6-14-3-4-15(23)7-17(14)26-18/h3-7,10,23H,8-9H2,1-2H3. The molecule has 0 atom stereocenters. The highest BCUT2D eigenvalue weighted by Gasteiger charge is 2.21. The molecule has 1 amide bonds. The Labute approximate surface area is 158 Å². The summed E-state index contributed by atoms with van der Waals surface area (Å²) in [4.78, 5) is 38.7. The van der Waals surface area contributed by atoms with Crippen molar-refractivity contribution in [2.45, 2.75) is 20.4 Å². The van der Waals surface area contributed by atoms with E-state index >= 15 is 0 Å². The van der Waals surface area contributed by atoms with Gasteiger partial charge in [-0.05, 0) is 60.5 Å². The molecule has 0 radical (unpaired) electrons. The van der Waals surface area contributed by atoms with E-state index in [0.29, 0.717) is 9.75 Å². The number of carbonyl (C=O) groups excluding carboxylic acids is 3. The minimum absolute atomic E-state index is 0.00355. The zero-order valence-electron chi connectivity index (χ0n) is 14.3. The van der Waals surface area contributed by atoms with Crippen molar-refractivity contribution in [2.75, 3.05) is 6.54 Å². The Hall–Kier alpha value is -2.51. The molecule has 0 saturated carbocycles. The first-order chi connectivity index (χ1) is 12.3. The highest BCUT2D eigenvalue weighted by molar-refractivity contribution is 7.20. The van der Waals surface area contributed by atoms with Gasteiger partial charge in [-0.25, -0.2) is 0 Å². The van der Waals surface area contributed by atoms with Gasteiger partial charge in [0.15, 0.2) is 5.78 Å². The van der Waals surface area contributed by atoms with Crippen molar-refractivity contribution in [1.82, 2.24) is 4.90 Å². The van der Waals surface area contributed by atoms with E-state index in [1.165, 1.54) is 41.4 Å². The minimum atomic E-state index is -0.239. The molecule has 0 bridgehead atoms. The highest BCUT2D eigenvalue weighted by atomic mass is 32.1. The van der Waals surface area contributed by atoms with Crippen LogP contribution in [-0.4, -0.2) is 34.0 Å². The van der Waals surface area contributed by atoms with E-state index in [0.717, 1.165) is 15.6 Å². The zero-order chi connectivity index (χ0) is 18.8. The number of nitrogens with zero attached hydrogens (tertiary/aromatic N) is 1. The molecular formula is C19H17NO4S2. The SMILES string of the molecule is CC(=O)CN(Cc1csc(C(C)=O)c1)C(=O)c1cc2ccc(O)cc2s1. The maximum absolute atomic E-state index is 12.9. The average molecular weight is 387 g/mol. The number of amides is 1. The number of hydrogen-bond donors (Lipinski definition) is 1. The van der Waals surface area contributed by atoms with Crippen LogP contribution < -0.4 is 0 Å². The number of ketones is 2. The van der Waals surface area contributed by atoms with Crippen LogP contribution in [0.4, 0.5) is 0 Å². The van der Waals surface area contributed by atoms with Gasteiger partial charge in [-0.3, -0.25) is 14.4 Å². The van der Waals surface area contributed by atoms with Crippen molar-refractivity contribution in [3.63, 3.8) is 0 Å². The third-order valence-corrected chi connectivity index (χ3v) is 5.96. The lowest BCUT2D eigenvalue weighted by Crippen LogP contribution is -2.33. The molecule has 0 unspecified atom stereocenters. The fourth-order valence-electron chi connectivity index (χ4n) is 2.61. The van der Waals surface area contributed by atoms with Gasteiger partial charge in [0.25, 0.3) is 5.91 Å². The molecule has 0 fully saturated rings. The zero-order valence-corrected chi connectivity index (χ0v) is 15.9. The number of phenolic OH excluding ortho intramolecular Hbond substituents is 1. The van der Waals surface area contributed by atoms with Crippen molar-refractivity contribution < 1.29 is 19.5 Å². The predicted molar refractivity (Wildman–Crippen MR) is 103 cm³/mol. The summed E-state index contributed by atoms with van der Waals surface area (Å²) in [5.74, 6) is -0.223. The number of phenols is 1. The summed E-state index contributed by atoms with van der Waals surface area (Å²) in [6, 6.07) is 8.47. The molecule has 134 valence electrons. The first-order valence-electron chi connectivity index (χ1n) is 7.93. The average Bonchev–Trinajstić information content (AvgIpc) is 3.19.